The van der Waals surface area contributed by atoms with E-state index in [4.69, 9.17) is 9.73 Å². The van der Waals surface area contributed by atoms with Gasteiger partial charge in [0.05, 0.1) is 18.8 Å². The molecule has 0 aromatic carbocycles. The Labute approximate surface area is 130 Å². The van der Waals surface area contributed by atoms with Crippen molar-refractivity contribution in [2.75, 3.05) is 19.6 Å². The first kappa shape index (κ1) is 13.6. The Hall–Kier alpha value is -1.07. The molecule has 4 unspecified atom stereocenters. The summed E-state index contributed by atoms with van der Waals surface area (Å²) in [5.74, 6) is 2.54. The minimum absolute atomic E-state index is 0.518. The third-order valence-corrected chi connectivity index (χ3v) is 5.81. The molecule has 0 aliphatic carbocycles. The van der Waals surface area contributed by atoms with Gasteiger partial charge in [-0.3, -0.25) is 0 Å². The lowest BCUT2D eigenvalue weighted by atomic mass is 9.82. The first-order chi connectivity index (χ1) is 10.3. The molecule has 1 aromatic rings. The van der Waals surface area contributed by atoms with Crippen molar-refractivity contribution in [3.05, 3.63) is 22.4 Å². The van der Waals surface area contributed by atoms with Gasteiger partial charge in [0.1, 0.15) is 0 Å². The molecule has 2 bridgehead atoms. The molecule has 3 aliphatic heterocycles. The van der Waals surface area contributed by atoms with E-state index in [0.29, 0.717) is 12.2 Å². The molecule has 0 saturated carbocycles. The molecule has 4 rings (SSSR count). The minimum Gasteiger partial charge on any atom is -0.374 e. The van der Waals surface area contributed by atoms with E-state index in [0.717, 1.165) is 44.0 Å². The van der Waals surface area contributed by atoms with E-state index in [1.54, 1.807) is 11.3 Å². The second-order valence-electron chi connectivity index (χ2n) is 6.32. The molecule has 0 amide bonds. The van der Waals surface area contributed by atoms with Crippen LogP contribution in [0.2, 0.25) is 0 Å². The summed E-state index contributed by atoms with van der Waals surface area (Å²) in [6, 6.07) is 2.16. The van der Waals surface area contributed by atoms with Crippen molar-refractivity contribution in [2.24, 2.45) is 16.8 Å². The van der Waals surface area contributed by atoms with Crippen LogP contribution in [0.1, 0.15) is 25.3 Å². The zero-order valence-corrected chi connectivity index (χ0v) is 13.3. The molecule has 4 atom stereocenters. The van der Waals surface area contributed by atoms with Crippen LogP contribution in [0, 0.1) is 11.8 Å². The number of fused-ring (bicyclic) bond motifs is 5. The van der Waals surface area contributed by atoms with E-state index in [9.17, 15) is 0 Å². The maximum absolute atomic E-state index is 6.06. The van der Waals surface area contributed by atoms with E-state index < -0.39 is 0 Å². The van der Waals surface area contributed by atoms with Crippen LogP contribution < -0.4 is 5.32 Å². The summed E-state index contributed by atoms with van der Waals surface area (Å²) in [5.41, 5.74) is 1.30. The normalized spacial score (nSPS) is 34.5. The highest BCUT2D eigenvalue weighted by atomic mass is 32.1. The van der Waals surface area contributed by atoms with Gasteiger partial charge in [0, 0.05) is 31.5 Å². The lowest BCUT2D eigenvalue weighted by Gasteiger charge is -2.23. The zero-order chi connectivity index (χ0) is 14.2. The van der Waals surface area contributed by atoms with E-state index in [-0.39, 0.29) is 0 Å². The number of hydrogen-bond acceptors (Lipinski definition) is 3. The highest BCUT2D eigenvalue weighted by molar-refractivity contribution is 7.07. The third kappa shape index (κ3) is 2.46. The molecule has 21 heavy (non-hydrogen) atoms. The van der Waals surface area contributed by atoms with Gasteiger partial charge < -0.3 is 15.0 Å². The van der Waals surface area contributed by atoms with Crippen molar-refractivity contribution < 1.29 is 4.74 Å². The predicted octanol–water partition coefficient (Wildman–Crippen LogP) is 2.32. The van der Waals surface area contributed by atoms with Crippen LogP contribution >= 0.6 is 11.3 Å². The summed E-state index contributed by atoms with van der Waals surface area (Å²) in [6.07, 6.45) is 3.57. The average Bonchev–Trinajstić information content (AvgIpc) is 3.25. The summed E-state index contributed by atoms with van der Waals surface area (Å²) in [6.45, 7) is 6.07. The summed E-state index contributed by atoms with van der Waals surface area (Å²) >= 11 is 1.74. The Morgan fingerprint density at radius 3 is 2.76 bits per heavy atom. The van der Waals surface area contributed by atoms with Gasteiger partial charge in [-0.15, -0.1) is 0 Å². The molecule has 4 heterocycles. The Morgan fingerprint density at radius 2 is 2.14 bits per heavy atom. The quantitative estimate of drug-likeness (QED) is 0.688. The molecular weight excluding hydrogens is 282 g/mol. The molecule has 114 valence electrons. The summed E-state index contributed by atoms with van der Waals surface area (Å²) in [5, 5.41) is 7.76. The molecule has 4 nitrogen and oxygen atoms in total. The molecule has 1 N–H and O–H groups in total. The van der Waals surface area contributed by atoms with Crippen molar-refractivity contribution in [1.29, 1.82) is 0 Å². The maximum atomic E-state index is 6.06. The van der Waals surface area contributed by atoms with E-state index in [2.05, 4.69) is 34.0 Å². The number of rotatable bonds is 3. The number of guanidine groups is 1. The highest BCUT2D eigenvalue weighted by Gasteiger charge is 2.53. The molecular formula is C16H23N3OS. The van der Waals surface area contributed by atoms with E-state index in [1.807, 2.05) is 0 Å². The summed E-state index contributed by atoms with van der Waals surface area (Å²) in [4.78, 5) is 7.29. The van der Waals surface area contributed by atoms with Gasteiger partial charge in [-0.1, -0.05) is 0 Å². The fraction of sp³-hybridized carbons (Fsp3) is 0.688. The number of nitrogens with zero attached hydrogens (tertiary/aromatic N) is 2. The van der Waals surface area contributed by atoms with Crippen molar-refractivity contribution in [1.82, 2.24) is 10.2 Å². The van der Waals surface area contributed by atoms with Crippen molar-refractivity contribution in [2.45, 2.75) is 38.5 Å². The predicted molar refractivity (Wildman–Crippen MR) is 85.6 cm³/mol. The first-order valence-electron chi connectivity index (χ1n) is 8.05. The SMILES string of the molecule is CCNC(=NCc1ccsc1)N1CC2C3CCC(O3)C2C1. The first-order valence-corrected chi connectivity index (χ1v) is 8.99. The molecule has 0 spiro atoms. The fourth-order valence-electron chi connectivity index (χ4n) is 4.11. The molecule has 1 aromatic heterocycles. The lowest BCUT2D eigenvalue weighted by molar-refractivity contribution is 0.0767. The van der Waals surface area contributed by atoms with Crippen LogP contribution in [-0.4, -0.2) is 42.7 Å². The molecule has 0 radical (unpaired) electrons. The molecule has 3 fully saturated rings. The van der Waals surface area contributed by atoms with Crippen molar-refractivity contribution in [3.8, 4) is 0 Å². The maximum Gasteiger partial charge on any atom is 0.194 e. The Balaban J connectivity index is 1.46. The Morgan fingerprint density at radius 1 is 1.38 bits per heavy atom. The van der Waals surface area contributed by atoms with E-state index in [1.165, 1.54) is 18.4 Å². The van der Waals surface area contributed by atoms with Gasteiger partial charge >= 0.3 is 0 Å². The number of hydrogen-bond donors (Lipinski definition) is 1. The molecule has 3 aliphatic rings. The van der Waals surface area contributed by atoms with Gasteiger partial charge in [-0.2, -0.15) is 11.3 Å². The number of thiophene rings is 1. The number of ether oxygens (including phenoxy) is 1. The largest absolute Gasteiger partial charge is 0.374 e. The summed E-state index contributed by atoms with van der Waals surface area (Å²) < 4.78 is 6.06. The minimum atomic E-state index is 0.518. The van der Waals surface area contributed by atoms with Gasteiger partial charge in [0.25, 0.3) is 0 Å². The summed E-state index contributed by atoms with van der Waals surface area (Å²) in [7, 11) is 0. The van der Waals surface area contributed by atoms with Crippen molar-refractivity contribution in [3.63, 3.8) is 0 Å². The Bertz CT molecular complexity index is 498. The number of likely N-dealkylation sites (tertiary alicyclic amines) is 1. The smallest absolute Gasteiger partial charge is 0.194 e. The lowest BCUT2D eigenvalue weighted by Crippen LogP contribution is -2.41. The highest BCUT2D eigenvalue weighted by Crippen LogP contribution is 2.47. The standard InChI is InChI=1S/C16H23N3OS/c1-2-17-16(18-7-11-5-6-21-10-11)19-8-12-13(9-19)15-4-3-14(12)20-15/h5-6,10,12-15H,2-4,7-9H2,1H3,(H,17,18). The van der Waals surface area contributed by atoms with Crippen molar-refractivity contribution >= 4 is 17.3 Å². The number of nitrogens with one attached hydrogen (secondary N) is 1. The Kier molecular flexibility index (Phi) is 3.63. The van der Waals surface area contributed by atoms with Gasteiger partial charge in [0.2, 0.25) is 0 Å². The molecule has 5 heteroatoms. The second-order valence-corrected chi connectivity index (χ2v) is 7.10. The van der Waals surface area contributed by atoms with Crippen LogP contribution in [0.25, 0.3) is 0 Å². The average molecular weight is 305 g/mol. The molecule has 3 saturated heterocycles. The van der Waals surface area contributed by atoms with E-state index >= 15 is 0 Å². The zero-order valence-electron chi connectivity index (χ0n) is 12.5. The van der Waals surface area contributed by atoms with Crippen LogP contribution in [0.5, 0.6) is 0 Å². The van der Waals surface area contributed by atoms with Gasteiger partial charge in [-0.05, 0) is 42.2 Å². The second kappa shape index (κ2) is 5.61. The van der Waals surface area contributed by atoms with Crippen LogP contribution in [0.3, 0.4) is 0 Å². The van der Waals surface area contributed by atoms with Gasteiger partial charge in [0.15, 0.2) is 5.96 Å². The topological polar surface area (TPSA) is 36.9 Å². The monoisotopic (exact) mass is 305 g/mol. The fourth-order valence-corrected chi connectivity index (χ4v) is 4.77. The van der Waals surface area contributed by atoms with Crippen LogP contribution in [-0.2, 0) is 11.3 Å². The van der Waals surface area contributed by atoms with Crippen LogP contribution in [0.4, 0.5) is 0 Å². The van der Waals surface area contributed by atoms with Gasteiger partial charge in [-0.25, -0.2) is 4.99 Å². The number of aliphatic imine (C=N–C) groups is 1. The third-order valence-electron chi connectivity index (χ3n) is 5.08. The van der Waals surface area contributed by atoms with Crippen LogP contribution in [0.15, 0.2) is 21.8 Å².